The third-order valence-electron chi connectivity index (χ3n) is 3.14. The van der Waals surface area contributed by atoms with Crippen LogP contribution in [0, 0.1) is 18.7 Å². The molecule has 1 fully saturated rings. The summed E-state index contributed by atoms with van der Waals surface area (Å²) in [6, 6.07) is 4.68. The average Bonchev–Trinajstić information content (AvgIpc) is 3.08. The van der Waals surface area contributed by atoms with E-state index in [4.69, 9.17) is 0 Å². The van der Waals surface area contributed by atoms with Crippen molar-refractivity contribution in [1.82, 2.24) is 5.32 Å². The number of rotatable bonds is 5. The SMILES string of the molecule is Cc1ccc(C(=O)NCCCC2CC2)c(F)c1. The van der Waals surface area contributed by atoms with E-state index in [2.05, 4.69) is 5.32 Å². The molecule has 17 heavy (non-hydrogen) atoms. The molecule has 1 aliphatic rings. The number of carbonyl (C=O) groups is 1. The number of nitrogens with one attached hydrogen (secondary N) is 1. The number of aryl methyl sites for hydroxylation is 1. The van der Waals surface area contributed by atoms with Crippen molar-refractivity contribution in [3.8, 4) is 0 Å². The number of hydrogen-bond donors (Lipinski definition) is 1. The second kappa shape index (κ2) is 5.30. The van der Waals surface area contributed by atoms with Crippen molar-refractivity contribution in [2.24, 2.45) is 5.92 Å². The van der Waals surface area contributed by atoms with Gasteiger partial charge in [0.05, 0.1) is 5.56 Å². The minimum absolute atomic E-state index is 0.141. The minimum atomic E-state index is -0.440. The summed E-state index contributed by atoms with van der Waals surface area (Å²) in [6.45, 7) is 2.45. The molecule has 1 amide bonds. The van der Waals surface area contributed by atoms with Crippen molar-refractivity contribution in [3.63, 3.8) is 0 Å². The Morgan fingerprint density at radius 2 is 2.24 bits per heavy atom. The smallest absolute Gasteiger partial charge is 0.254 e. The third kappa shape index (κ3) is 3.55. The number of amides is 1. The van der Waals surface area contributed by atoms with E-state index in [1.165, 1.54) is 25.3 Å². The quantitative estimate of drug-likeness (QED) is 0.781. The van der Waals surface area contributed by atoms with Crippen LogP contribution < -0.4 is 5.32 Å². The zero-order valence-electron chi connectivity index (χ0n) is 10.1. The standard InChI is InChI=1S/C14H18FNO/c1-10-4-7-12(13(15)9-10)14(17)16-8-2-3-11-5-6-11/h4,7,9,11H,2-3,5-6,8H2,1H3,(H,16,17). The zero-order valence-corrected chi connectivity index (χ0v) is 10.1. The van der Waals surface area contributed by atoms with Gasteiger partial charge in [0.1, 0.15) is 5.82 Å². The molecule has 92 valence electrons. The molecule has 0 radical (unpaired) electrons. The lowest BCUT2D eigenvalue weighted by Crippen LogP contribution is -2.25. The Kier molecular flexibility index (Phi) is 3.77. The Morgan fingerprint density at radius 1 is 1.47 bits per heavy atom. The van der Waals surface area contributed by atoms with Gasteiger partial charge in [0, 0.05) is 6.54 Å². The zero-order chi connectivity index (χ0) is 12.3. The molecular weight excluding hydrogens is 217 g/mol. The van der Waals surface area contributed by atoms with E-state index in [1.807, 2.05) is 0 Å². The lowest BCUT2D eigenvalue weighted by atomic mass is 10.1. The Balaban J connectivity index is 1.81. The predicted octanol–water partition coefficient (Wildman–Crippen LogP) is 3.05. The van der Waals surface area contributed by atoms with Gasteiger partial charge in [-0.15, -0.1) is 0 Å². The molecule has 1 aliphatic carbocycles. The molecule has 0 bridgehead atoms. The van der Waals surface area contributed by atoms with Crippen LogP contribution in [0.2, 0.25) is 0 Å². The lowest BCUT2D eigenvalue weighted by molar-refractivity contribution is 0.0949. The van der Waals surface area contributed by atoms with E-state index < -0.39 is 5.82 Å². The maximum Gasteiger partial charge on any atom is 0.254 e. The fraction of sp³-hybridized carbons (Fsp3) is 0.500. The molecule has 0 atom stereocenters. The number of hydrogen-bond acceptors (Lipinski definition) is 1. The van der Waals surface area contributed by atoms with Crippen molar-refractivity contribution in [1.29, 1.82) is 0 Å². The first-order valence-corrected chi connectivity index (χ1v) is 6.21. The number of carbonyl (C=O) groups excluding carboxylic acids is 1. The molecule has 0 unspecified atom stereocenters. The Morgan fingerprint density at radius 3 is 2.88 bits per heavy atom. The van der Waals surface area contributed by atoms with Crippen LogP contribution in [0.5, 0.6) is 0 Å². The van der Waals surface area contributed by atoms with Crippen molar-refractivity contribution in [2.45, 2.75) is 32.6 Å². The minimum Gasteiger partial charge on any atom is -0.352 e. The van der Waals surface area contributed by atoms with Gasteiger partial charge in [-0.3, -0.25) is 4.79 Å². The van der Waals surface area contributed by atoms with Crippen LogP contribution in [0.4, 0.5) is 4.39 Å². The summed E-state index contributed by atoms with van der Waals surface area (Å²) in [5, 5.41) is 2.76. The highest BCUT2D eigenvalue weighted by Crippen LogP contribution is 2.33. The number of benzene rings is 1. The van der Waals surface area contributed by atoms with Gasteiger partial charge in [-0.2, -0.15) is 0 Å². The van der Waals surface area contributed by atoms with Crippen molar-refractivity contribution in [3.05, 3.63) is 35.1 Å². The topological polar surface area (TPSA) is 29.1 Å². The van der Waals surface area contributed by atoms with Gasteiger partial charge >= 0.3 is 0 Å². The highest BCUT2D eigenvalue weighted by Gasteiger charge is 2.20. The monoisotopic (exact) mass is 235 g/mol. The van der Waals surface area contributed by atoms with Crippen LogP contribution in [-0.2, 0) is 0 Å². The maximum atomic E-state index is 13.5. The summed E-state index contributed by atoms with van der Waals surface area (Å²) in [7, 11) is 0. The normalized spacial score (nSPS) is 14.7. The van der Waals surface area contributed by atoms with Crippen LogP contribution in [0.1, 0.15) is 41.6 Å². The first-order valence-electron chi connectivity index (χ1n) is 6.21. The Hall–Kier alpha value is -1.38. The molecule has 0 aromatic heterocycles. The molecule has 2 nitrogen and oxygen atoms in total. The molecule has 0 heterocycles. The summed E-state index contributed by atoms with van der Waals surface area (Å²) in [4.78, 5) is 11.7. The van der Waals surface area contributed by atoms with Gasteiger partial charge in [0.25, 0.3) is 5.91 Å². The first kappa shape index (κ1) is 12.1. The van der Waals surface area contributed by atoms with Gasteiger partial charge in [0.2, 0.25) is 0 Å². The summed E-state index contributed by atoms with van der Waals surface area (Å²) < 4.78 is 13.5. The average molecular weight is 235 g/mol. The van der Waals surface area contributed by atoms with Crippen LogP contribution in [0.25, 0.3) is 0 Å². The first-order chi connectivity index (χ1) is 8.16. The van der Waals surface area contributed by atoms with Crippen LogP contribution in [-0.4, -0.2) is 12.5 Å². The second-order valence-corrected chi connectivity index (χ2v) is 4.82. The molecule has 1 N–H and O–H groups in total. The van der Waals surface area contributed by atoms with Crippen LogP contribution >= 0.6 is 0 Å². The molecule has 0 spiro atoms. The second-order valence-electron chi connectivity index (χ2n) is 4.82. The van der Waals surface area contributed by atoms with E-state index in [-0.39, 0.29) is 11.5 Å². The summed E-state index contributed by atoms with van der Waals surface area (Å²) >= 11 is 0. The van der Waals surface area contributed by atoms with Gasteiger partial charge < -0.3 is 5.32 Å². The highest BCUT2D eigenvalue weighted by molar-refractivity contribution is 5.94. The van der Waals surface area contributed by atoms with Crippen LogP contribution in [0.3, 0.4) is 0 Å². The molecule has 1 aromatic carbocycles. The van der Waals surface area contributed by atoms with Crippen molar-refractivity contribution >= 4 is 5.91 Å². The van der Waals surface area contributed by atoms with E-state index in [0.29, 0.717) is 6.54 Å². The highest BCUT2D eigenvalue weighted by atomic mass is 19.1. The van der Waals surface area contributed by atoms with Gasteiger partial charge in [-0.1, -0.05) is 18.9 Å². The lowest BCUT2D eigenvalue weighted by Gasteiger charge is -2.06. The van der Waals surface area contributed by atoms with Crippen molar-refractivity contribution < 1.29 is 9.18 Å². The Labute approximate surface area is 101 Å². The molecule has 1 saturated carbocycles. The van der Waals surface area contributed by atoms with E-state index >= 15 is 0 Å². The van der Waals surface area contributed by atoms with Crippen molar-refractivity contribution in [2.75, 3.05) is 6.54 Å². The molecule has 3 heteroatoms. The third-order valence-corrected chi connectivity index (χ3v) is 3.14. The number of halogens is 1. The fourth-order valence-corrected chi connectivity index (χ4v) is 1.90. The van der Waals surface area contributed by atoms with Gasteiger partial charge in [-0.25, -0.2) is 4.39 Å². The predicted molar refractivity (Wildman–Crippen MR) is 65.4 cm³/mol. The van der Waals surface area contributed by atoms with Crippen LogP contribution in [0.15, 0.2) is 18.2 Å². The Bertz CT molecular complexity index is 413. The van der Waals surface area contributed by atoms with Gasteiger partial charge in [0.15, 0.2) is 0 Å². The van der Waals surface area contributed by atoms with E-state index in [9.17, 15) is 9.18 Å². The fourth-order valence-electron chi connectivity index (χ4n) is 1.90. The van der Waals surface area contributed by atoms with Gasteiger partial charge in [-0.05, 0) is 43.4 Å². The maximum absolute atomic E-state index is 13.5. The molecular formula is C14H18FNO. The summed E-state index contributed by atoms with van der Waals surface area (Å²) in [5.41, 5.74) is 0.967. The molecule has 1 aromatic rings. The molecule has 0 saturated heterocycles. The molecule has 0 aliphatic heterocycles. The summed E-state index contributed by atoms with van der Waals surface area (Å²) in [6.07, 6.45) is 4.83. The summed E-state index contributed by atoms with van der Waals surface area (Å²) in [5.74, 6) is 0.131. The van der Waals surface area contributed by atoms with E-state index in [0.717, 1.165) is 17.9 Å². The van der Waals surface area contributed by atoms with E-state index in [1.54, 1.807) is 19.1 Å². The molecule has 2 rings (SSSR count). The largest absolute Gasteiger partial charge is 0.352 e.